The van der Waals surface area contributed by atoms with Gasteiger partial charge in [0.15, 0.2) is 5.82 Å². The summed E-state index contributed by atoms with van der Waals surface area (Å²) in [6, 6.07) is 8.16. The zero-order valence-corrected chi connectivity index (χ0v) is 11.0. The fourth-order valence-electron chi connectivity index (χ4n) is 1.80. The van der Waals surface area contributed by atoms with E-state index in [1.54, 1.807) is 6.33 Å². The monoisotopic (exact) mass is 245 g/mol. The number of aryl methyl sites for hydroxylation is 2. The molecule has 0 aliphatic carbocycles. The molecule has 2 aromatic rings. The molecule has 1 heterocycles. The van der Waals surface area contributed by atoms with Gasteiger partial charge in [0.05, 0.1) is 0 Å². The maximum Gasteiger partial charge on any atom is 0.164 e. The largest absolute Gasteiger partial charge is 0.486 e. The van der Waals surface area contributed by atoms with Gasteiger partial charge in [0.2, 0.25) is 0 Å². The Morgan fingerprint density at radius 3 is 2.94 bits per heavy atom. The molecule has 0 radical (unpaired) electrons. The van der Waals surface area contributed by atoms with Crippen LogP contribution in [-0.2, 0) is 19.6 Å². The van der Waals surface area contributed by atoms with Crippen molar-refractivity contribution in [3.63, 3.8) is 0 Å². The minimum absolute atomic E-state index is 0.465. The normalized spacial score (nSPS) is 10.6. The molecular formula is C14H19N3O. The van der Waals surface area contributed by atoms with Crippen molar-refractivity contribution in [2.24, 2.45) is 0 Å². The summed E-state index contributed by atoms with van der Waals surface area (Å²) in [5, 5.41) is 4.18. The van der Waals surface area contributed by atoms with Crippen LogP contribution in [0.5, 0.6) is 5.75 Å². The van der Waals surface area contributed by atoms with Gasteiger partial charge in [-0.2, -0.15) is 5.10 Å². The van der Waals surface area contributed by atoms with Gasteiger partial charge in [-0.05, 0) is 30.5 Å². The van der Waals surface area contributed by atoms with Crippen LogP contribution >= 0.6 is 0 Å². The second-order valence-electron chi connectivity index (χ2n) is 4.19. The van der Waals surface area contributed by atoms with Crippen molar-refractivity contribution in [3.05, 3.63) is 42.0 Å². The fraction of sp³-hybridized carbons (Fsp3) is 0.429. The van der Waals surface area contributed by atoms with Crippen LogP contribution in [0.25, 0.3) is 0 Å². The Balaban J connectivity index is 1.99. The SMILES string of the molecule is CCCn1ncnc1COc1cccc(CC)c1. The van der Waals surface area contributed by atoms with E-state index in [2.05, 4.69) is 36.1 Å². The molecule has 0 saturated carbocycles. The number of nitrogens with zero attached hydrogens (tertiary/aromatic N) is 3. The van der Waals surface area contributed by atoms with Crippen molar-refractivity contribution in [2.75, 3.05) is 0 Å². The van der Waals surface area contributed by atoms with E-state index in [4.69, 9.17) is 4.74 Å². The molecule has 0 unspecified atom stereocenters. The highest BCUT2D eigenvalue weighted by molar-refractivity contribution is 5.28. The van der Waals surface area contributed by atoms with Gasteiger partial charge in [0, 0.05) is 6.54 Å². The summed E-state index contributed by atoms with van der Waals surface area (Å²) >= 11 is 0. The Bertz CT molecular complexity index is 493. The van der Waals surface area contributed by atoms with E-state index in [0.717, 1.165) is 31.0 Å². The highest BCUT2D eigenvalue weighted by Crippen LogP contribution is 2.15. The third-order valence-electron chi connectivity index (χ3n) is 2.81. The summed E-state index contributed by atoms with van der Waals surface area (Å²) in [7, 11) is 0. The molecule has 0 aliphatic heterocycles. The number of ether oxygens (including phenoxy) is 1. The summed E-state index contributed by atoms with van der Waals surface area (Å²) in [4.78, 5) is 4.22. The number of hydrogen-bond donors (Lipinski definition) is 0. The van der Waals surface area contributed by atoms with Gasteiger partial charge < -0.3 is 4.74 Å². The number of benzene rings is 1. The highest BCUT2D eigenvalue weighted by Gasteiger charge is 2.04. The van der Waals surface area contributed by atoms with E-state index in [0.29, 0.717) is 6.61 Å². The van der Waals surface area contributed by atoms with Crippen LogP contribution in [-0.4, -0.2) is 14.8 Å². The maximum atomic E-state index is 5.76. The molecule has 0 aliphatic rings. The lowest BCUT2D eigenvalue weighted by Crippen LogP contribution is -2.08. The van der Waals surface area contributed by atoms with Gasteiger partial charge in [0.1, 0.15) is 18.7 Å². The van der Waals surface area contributed by atoms with Crippen molar-refractivity contribution in [1.29, 1.82) is 0 Å². The first-order chi connectivity index (χ1) is 8.83. The molecular weight excluding hydrogens is 226 g/mol. The topological polar surface area (TPSA) is 39.9 Å². The maximum absolute atomic E-state index is 5.76. The lowest BCUT2D eigenvalue weighted by atomic mass is 10.2. The molecule has 4 nitrogen and oxygen atoms in total. The quantitative estimate of drug-likeness (QED) is 0.785. The van der Waals surface area contributed by atoms with Crippen molar-refractivity contribution in [3.8, 4) is 5.75 Å². The van der Waals surface area contributed by atoms with Gasteiger partial charge in [-0.1, -0.05) is 26.0 Å². The van der Waals surface area contributed by atoms with Crippen molar-refractivity contribution in [2.45, 2.75) is 39.8 Å². The number of aromatic nitrogens is 3. The Morgan fingerprint density at radius 1 is 1.28 bits per heavy atom. The van der Waals surface area contributed by atoms with E-state index in [1.807, 2.05) is 16.8 Å². The van der Waals surface area contributed by atoms with E-state index in [-0.39, 0.29) is 0 Å². The van der Waals surface area contributed by atoms with Gasteiger partial charge in [-0.25, -0.2) is 9.67 Å². The molecule has 1 aromatic carbocycles. The second-order valence-corrected chi connectivity index (χ2v) is 4.19. The smallest absolute Gasteiger partial charge is 0.164 e. The van der Waals surface area contributed by atoms with E-state index >= 15 is 0 Å². The molecule has 18 heavy (non-hydrogen) atoms. The molecule has 1 aromatic heterocycles. The average Bonchev–Trinajstić information content (AvgIpc) is 2.85. The van der Waals surface area contributed by atoms with Gasteiger partial charge in [-0.3, -0.25) is 0 Å². The van der Waals surface area contributed by atoms with Crippen LogP contribution in [0.1, 0.15) is 31.7 Å². The Kier molecular flexibility index (Phi) is 4.34. The summed E-state index contributed by atoms with van der Waals surface area (Å²) in [6.07, 6.45) is 3.64. The molecule has 2 rings (SSSR count). The molecule has 4 heteroatoms. The van der Waals surface area contributed by atoms with Crippen molar-refractivity contribution < 1.29 is 4.74 Å². The molecule has 0 amide bonds. The number of hydrogen-bond acceptors (Lipinski definition) is 3. The zero-order valence-electron chi connectivity index (χ0n) is 11.0. The molecule has 0 atom stereocenters. The third kappa shape index (κ3) is 3.09. The minimum atomic E-state index is 0.465. The molecule has 0 bridgehead atoms. The summed E-state index contributed by atoms with van der Waals surface area (Å²) in [5.74, 6) is 1.76. The summed E-state index contributed by atoms with van der Waals surface area (Å²) in [5.41, 5.74) is 1.28. The predicted molar refractivity (Wildman–Crippen MR) is 70.5 cm³/mol. The Labute approximate surface area is 108 Å². The van der Waals surface area contributed by atoms with Crippen LogP contribution in [0.4, 0.5) is 0 Å². The molecule has 96 valence electrons. The van der Waals surface area contributed by atoms with E-state index in [9.17, 15) is 0 Å². The molecule has 0 saturated heterocycles. The zero-order chi connectivity index (χ0) is 12.8. The molecule has 0 N–H and O–H groups in total. The summed E-state index contributed by atoms with van der Waals surface area (Å²) < 4.78 is 7.65. The van der Waals surface area contributed by atoms with Crippen LogP contribution in [0.15, 0.2) is 30.6 Å². The van der Waals surface area contributed by atoms with Gasteiger partial charge in [-0.15, -0.1) is 0 Å². The van der Waals surface area contributed by atoms with Gasteiger partial charge in [0.25, 0.3) is 0 Å². The molecule has 0 fully saturated rings. The molecule has 0 spiro atoms. The first kappa shape index (κ1) is 12.6. The second kappa shape index (κ2) is 6.19. The number of rotatable bonds is 6. The minimum Gasteiger partial charge on any atom is -0.486 e. The highest BCUT2D eigenvalue weighted by atomic mass is 16.5. The van der Waals surface area contributed by atoms with Crippen LogP contribution in [0.3, 0.4) is 0 Å². The van der Waals surface area contributed by atoms with Crippen LogP contribution in [0.2, 0.25) is 0 Å². The van der Waals surface area contributed by atoms with Crippen LogP contribution in [0, 0.1) is 0 Å². The standard InChI is InChI=1S/C14H19N3O/c1-3-8-17-14(15-11-16-17)10-18-13-7-5-6-12(4-2)9-13/h5-7,9,11H,3-4,8,10H2,1-2H3. The predicted octanol–water partition coefficient (Wildman–Crippen LogP) is 2.83. The Hall–Kier alpha value is -1.84. The van der Waals surface area contributed by atoms with Gasteiger partial charge >= 0.3 is 0 Å². The van der Waals surface area contributed by atoms with E-state index < -0.39 is 0 Å². The summed E-state index contributed by atoms with van der Waals surface area (Å²) in [6.45, 7) is 5.61. The lowest BCUT2D eigenvalue weighted by molar-refractivity contribution is 0.286. The van der Waals surface area contributed by atoms with Crippen molar-refractivity contribution in [1.82, 2.24) is 14.8 Å². The first-order valence-electron chi connectivity index (χ1n) is 6.42. The third-order valence-corrected chi connectivity index (χ3v) is 2.81. The van der Waals surface area contributed by atoms with E-state index in [1.165, 1.54) is 5.56 Å². The fourth-order valence-corrected chi connectivity index (χ4v) is 1.80. The van der Waals surface area contributed by atoms with Crippen LogP contribution < -0.4 is 4.74 Å². The van der Waals surface area contributed by atoms with Crippen molar-refractivity contribution >= 4 is 0 Å². The average molecular weight is 245 g/mol. The first-order valence-corrected chi connectivity index (χ1v) is 6.42. The Morgan fingerprint density at radius 2 is 2.17 bits per heavy atom. The lowest BCUT2D eigenvalue weighted by Gasteiger charge is -2.08.